The van der Waals surface area contributed by atoms with Crippen molar-refractivity contribution in [2.45, 2.75) is 25.8 Å². The monoisotopic (exact) mass is 443 g/mol. The molecule has 0 bridgehead atoms. The lowest BCUT2D eigenvalue weighted by molar-refractivity contribution is 0.0672. The number of hydrogen-bond donors (Lipinski definition) is 1. The number of hydrogen-bond acceptors (Lipinski definition) is 7. The Morgan fingerprint density at radius 1 is 1.18 bits per heavy atom. The van der Waals surface area contributed by atoms with Crippen LogP contribution in [0.15, 0.2) is 61.1 Å². The van der Waals surface area contributed by atoms with Crippen molar-refractivity contribution in [3.05, 3.63) is 72.2 Å². The van der Waals surface area contributed by atoms with E-state index in [1.807, 2.05) is 25.1 Å². The molecule has 1 aromatic carbocycles. The third-order valence-corrected chi connectivity index (χ3v) is 5.95. The first-order chi connectivity index (χ1) is 16.2. The van der Waals surface area contributed by atoms with Gasteiger partial charge in [0.1, 0.15) is 11.4 Å². The molecule has 0 spiro atoms. The van der Waals surface area contributed by atoms with Crippen molar-refractivity contribution in [3.8, 4) is 0 Å². The number of fused-ring (bicyclic) bond motifs is 3. The molecule has 1 N–H and O–H groups in total. The highest BCUT2D eigenvalue weighted by atomic mass is 16.2. The molecule has 5 rings (SSSR count). The molecule has 1 saturated heterocycles. The highest BCUT2D eigenvalue weighted by Gasteiger charge is 2.41. The van der Waals surface area contributed by atoms with Crippen molar-refractivity contribution in [2.75, 3.05) is 34.9 Å². The molecule has 1 fully saturated rings. The Morgan fingerprint density at radius 2 is 2.03 bits per heavy atom. The molecule has 1 atom stereocenters. The summed E-state index contributed by atoms with van der Waals surface area (Å²) in [7, 11) is 0. The van der Waals surface area contributed by atoms with Gasteiger partial charge in [0.15, 0.2) is 0 Å². The van der Waals surface area contributed by atoms with Gasteiger partial charge < -0.3 is 10.2 Å². The number of carbonyl (C=O) groups excluding carboxylic acids is 2. The van der Waals surface area contributed by atoms with E-state index in [-0.39, 0.29) is 17.9 Å². The minimum Gasteiger partial charge on any atom is -0.354 e. The van der Waals surface area contributed by atoms with Gasteiger partial charge in [0.05, 0.1) is 24.5 Å². The molecule has 3 aromatic rings. The summed E-state index contributed by atoms with van der Waals surface area (Å²) in [5.74, 6) is 0.507. The Hall–Kier alpha value is -4.01. The summed E-state index contributed by atoms with van der Waals surface area (Å²) < 4.78 is 0. The Labute approximate surface area is 192 Å². The number of pyridine rings is 1. The van der Waals surface area contributed by atoms with E-state index in [4.69, 9.17) is 0 Å². The van der Waals surface area contributed by atoms with Crippen LogP contribution >= 0.6 is 0 Å². The predicted octanol–water partition coefficient (Wildman–Crippen LogP) is 2.99. The van der Waals surface area contributed by atoms with Crippen LogP contribution in [0.5, 0.6) is 0 Å². The second kappa shape index (κ2) is 8.85. The van der Waals surface area contributed by atoms with Crippen LogP contribution in [-0.2, 0) is 0 Å². The van der Waals surface area contributed by atoms with E-state index < -0.39 is 0 Å². The molecule has 0 aliphatic carbocycles. The van der Waals surface area contributed by atoms with E-state index in [1.54, 1.807) is 42.9 Å². The summed E-state index contributed by atoms with van der Waals surface area (Å²) in [6.45, 7) is 3.82. The molecule has 2 aliphatic rings. The molecule has 4 heterocycles. The fourth-order valence-electron chi connectivity index (χ4n) is 4.43. The van der Waals surface area contributed by atoms with Crippen molar-refractivity contribution in [1.29, 1.82) is 0 Å². The van der Waals surface area contributed by atoms with E-state index >= 15 is 0 Å². The number of carbonyl (C=O) groups is 2. The second-order valence-corrected chi connectivity index (χ2v) is 8.03. The van der Waals surface area contributed by atoms with Gasteiger partial charge in [0.25, 0.3) is 11.8 Å². The third kappa shape index (κ3) is 3.86. The van der Waals surface area contributed by atoms with Crippen LogP contribution in [0.3, 0.4) is 0 Å². The molecule has 0 unspecified atom stereocenters. The van der Waals surface area contributed by atoms with Gasteiger partial charge in [-0.1, -0.05) is 18.2 Å². The van der Waals surface area contributed by atoms with Gasteiger partial charge in [0.2, 0.25) is 5.95 Å². The maximum Gasteiger partial charge on any atom is 0.278 e. The first-order valence-electron chi connectivity index (χ1n) is 11.2. The molecule has 0 saturated carbocycles. The largest absolute Gasteiger partial charge is 0.354 e. The molecular weight excluding hydrogens is 418 g/mol. The van der Waals surface area contributed by atoms with Crippen molar-refractivity contribution < 1.29 is 9.59 Å². The fraction of sp³-hybridized carbons (Fsp3) is 0.292. The number of nitrogens with zero attached hydrogens (tertiary/aromatic N) is 6. The SMILES string of the molecule is CCNc1ncc2c(n1)N1CCC[C@H]1CN(N(C(=O)c1ccccc1)c1cccnc1)C2=O. The Morgan fingerprint density at radius 3 is 2.79 bits per heavy atom. The molecule has 0 radical (unpaired) electrons. The molecular formula is C24H25N7O2. The molecule has 2 aromatic heterocycles. The van der Waals surface area contributed by atoms with Crippen molar-refractivity contribution in [1.82, 2.24) is 20.0 Å². The highest BCUT2D eigenvalue weighted by molar-refractivity contribution is 6.10. The predicted molar refractivity (Wildman–Crippen MR) is 125 cm³/mol. The van der Waals surface area contributed by atoms with Crippen LogP contribution in [-0.4, -0.2) is 57.5 Å². The van der Waals surface area contributed by atoms with Gasteiger partial charge in [-0.05, 0) is 44.0 Å². The summed E-state index contributed by atoms with van der Waals surface area (Å²) in [4.78, 5) is 42.9. The number of aromatic nitrogens is 3. The van der Waals surface area contributed by atoms with Gasteiger partial charge in [-0.15, -0.1) is 0 Å². The Bertz CT molecular complexity index is 1160. The molecule has 33 heavy (non-hydrogen) atoms. The summed E-state index contributed by atoms with van der Waals surface area (Å²) in [5, 5.41) is 6.09. The van der Waals surface area contributed by atoms with Crippen LogP contribution in [0.2, 0.25) is 0 Å². The molecule has 168 valence electrons. The number of anilines is 3. The zero-order valence-electron chi connectivity index (χ0n) is 18.4. The molecule has 9 heteroatoms. The van der Waals surface area contributed by atoms with E-state index in [0.717, 1.165) is 19.4 Å². The maximum absolute atomic E-state index is 13.9. The van der Waals surface area contributed by atoms with Crippen molar-refractivity contribution in [2.24, 2.45) is 0 Å². The van der Waals surface area contributed by atoms with Gasteiger partial charge in [-0.3, -0.25) is 14.6 Å². The maximum atomic E-state index is 13.9. The van der Waals surface area contributed by atoms with Crippen LogP contribution in [0.4, 0.5) is 17.5 Å². The summed E-state index contributed by atoms with van der Waals surface area (Å²) in [6, 6.07) is 12.5. The normalized spacial score (nSPS) is 17.2. The van der Waals surface area contributed by atoms with Crippen LogP contribution < -0.4 is 15.2 Å². The third-order valence-electron chi connectivity index (χ3n) is 5.95. The second-order valence-electron chi connectivity index (χ2n) is 8.03. The zero-order valence-corrected chi connectivity index (χ0v) is 18.4. The summed E-state index contributed by atoms with van der Waals surface area (Å²) >= 11 is 0. The summed E-state index contributed by atoms with van der Waals surface area (Å²) in [6.07, 6.45) is 6.70. The van der Waals surface area contributed by atoms with Crippen LogP contribution in [0.1, 0.15) is 40.5 Å². The van der Waals surface area contributed by atoms with Crippen LogP contribution in [0, 0.1) is 0 Å². The van der Waals surface area contributed by atoms with Gasteiger partial charge in [-0.25, -0.2) is 15.0 Å². The lowest BCUT2D eigenvalue weighted by Gasteiger charge is -2.35. The number of hydrazine groups is 1. The van der Waals surface area contributed by atoms with E-state index in [9.17, 15) is 9.59 Å². The zero-order chi connectivity index (χ0) is 22.8. The topological polar surface area (TPSA) is 94.6 Å². The standard InChI is InChI=1S/C24H25N7O2/c1-2-26-24-27-15-20-21(28-24)29-13-7-11-19(29)16-30(23(20)33)31(18-10-6-12-25-14-18)22(32)17-8-4-3-5-9-17/h3-6,8-10,12,14-15,19H,2,7,11,13,16H2,1H3,(H,26,27,28)/t19-/m0/s1. The molecule has 2 amide bonds. The van der Waals surface area contributed by atoms with E-state index in [0.29, 0.717) is 41.7 Å². The summed E-state index contributed by atoms with van der Waals surface area (Å²) in [5.41, 5.74) is 1.40. The number of nitrogens with one attached hydrogen (secondary N) is 1. The minimum absolute atomic E-state index is 0.0438. The Balaban J connectivity index is 1.62. The average Bonchev–Trinajstić information content (AvgIpc) is 3.29. The molecule has 2 aliphatic heterocycles. The average molecular weight is 444 g/mol. The lowest BCUT2D eigenvalue weighted by atomic mass is 10.2. The number of rotatable bonds is 5. The highest BCUT2D eigenvalue weighted by Crippen LogP contribution is 2.34. The van der Waals surface area contributed by atoms with E-state index in [1.165, 1.54) is 10.0 Å². The lowest BCUT2D eigenvalue weighted by Crippen LogP contribution is -2.53. The minimum atomic E-state index is -0.310. The first-order valence-corrected chi connectivity index (χ1v) is 11.2. The quantitative estimate of drug-likeness (QED) is 0.648. The van der Waals surface area contributed by atoms with Crippen LogP contribution in [0.25, 0.3) is 0 Å². The van der Waals surface area contributed by atoms with Crippen molar-refractivity contribution in [3.63, 3.8) is 0 Å². The number of benzene rings is 1. The fourth-order valence-corrected chi connectivity index (χ4v) is 4.43. The smallest absolute Gasteiger partial charge is 0.278 e. The van der Waals surface area contributed by atoms with Gasteiger partial charge in [0, 0.05) is 31.0 Å². The van der Waals surface area contributed by atoms with Gasteiger partial charge in [-0.2, -0.15) is 4.98 Å². The van der Waals surface area contributed by atoms with E-state index in [2.05, 4.69) is 25.2 Å². The Kier molecular flexibility index (Phi) is 5.60. The number of amides is 2. The van der Waals surface area contributed by atoms with Crippen molar-refractivity contribution >= 4 is 29.3 Å². The first kappa shape index (κ1) is 20.9. The molecule has 9 nitrogen and oxygen atoms in total. The van der Waals surface area contributed by atoms with Gasteiger partial charge >= 0.3 is 0 Å².